The van der Waals surface area contributed by atoms with Gasteiger partial charge in [-0.25, -0.2) is 4.79 Å². The smallest absolute Gasteiger partial charge is 0.339 e. The molecule has 20 heavy (non-hydrogen) atoms. The third-order valence-corrected chi connectivity index (χ3v) is 3.72. The molecule has 0 N–H and O–H groups in total. The van der Waals surface area contributed by atoms with Gasteiger partial charge in [0.1, 0.15) is 5.58 Å². The van der Waals surface area contributed by atoms with E-state index < -0.39 is 0 Å². The normalized spacial score (nSPS) is 10.9. The van der Waals surface area contributed by atoms with Crippen LogP contribution in [0.15, 0.2) is 33.5 Å². The van der Waals surface area contributed by atoms with Crippen molar-refractivity contribution >= 4 is 16.7 Å². The van der Waals surface area contributed by atoms with E-state index in [0.717, 1.165) is 49.0 Å². The van der Waals surface area contributed by atoms with E-state index in [2.05, 4.69) is 31.7 Å². The van der Waals surface area contributed by atoms with Crippen molar-refractivity contribution in [2.45, 2.75) is 40.0 Å². The highest BCUT2D eigenvalue weighted by atomic mass is 16.4. The Morgan fingerprint density at radius 1 is 1.10 bits per heavy atom. The Labute approximate surface area is 120 Å². The van der Waals surface area contributed by atoms with Crippen LogP contribution in [0.1, 0.15) is 39.2 Å². The second kappa shape index (κ2) is 6.60. The van der Waals surface area contributed by atoms with Gasteiger partial charge in [0.2, 0.25) is 0 Å². The molecule has 0 fully saturated rings. The number of hydrogen-bond acceptors (Lipinski definition) is 3. The second-order valence-corrected chi connectivity index (χ2v) is 5.06. The number of benzene rings is 1. The summed E-state index contributed by atoms with van der Waals surface area (Å²) in [5, 5.41) is 1.01. The van der Waals surface area contributed by atoms with E-state index in [1.165, 1.54) is 0 Å². The highest BCUT2D eigenvalue weighted by Crippen LogP contribution is 2.22. The number of hydrogen-bond donors (Lipinski definition) is 0. The number of fused-ring (bicyclic) bond motifs is 1. The number of nitrogens with zero attached hydrogens (tertiary/aromatic N) is 1. The maximum absolute atomic E-state index is 12.0. The van der Waals surface area contributed by atoms with E-state index in [0.29, 0.717) is 5.58 Å². The predicted molar refractivity (Wildman–Crippen MR) is 84.7 cm³/mol. The Balaban J connectivity index is 2.42. The van der Waals surface area contributed by atoms with Gasteiger partial charge in [-0.1, -0.05) is 13.3 Å². The van der Waals surface area contributed by atoms with Crippen molar-refractivity contribution in [2.75, 3.05) is 18.0 Å². The fourth-order valence-corrected chi connectivity index (χ4v) is 2.47. The summed E-state index contributed by atoms with van der Waals surface area (Å²) >= 11 is 0. The molecule has 0 unspecified atom stereocenters. The predicted octanol–water partition coefficient (Wildman–Crippen LogP) is 3.98. The fraction of sp³-hybridized carbons (Fsp3) is 0.471. The first-order valence-electron chi connectivity index (χ1n) is 7.51. The van der Waals surface area contributed by atoms with E-state index in [4.69, 9.17) is 4.42 Å². The van der Waals surface area contributed by atoms with Crippen LogP contribution in [0.3, 0.4) is 0 Å². The van der Waals surface area contributed by atoms with Crippen molar-refractivity contribution in [3.63, 3.8) is 0 Å². The van der Waals surface area contributed by atoms with Crippen molar-refractivity contribution in [2.24, 2.45) is 0 Å². The van der Waals surface area contributed by atoms with Crippen molar-refractivity contribution in [1.29, 1.82) is 0 Å². The first-order chi connectivity index (χ1) is 9.69. The van der Waals surface area contributed by atoms with Crippen LogP contribution in [0, 0.1) is 0 Å². The second-order valence-electron chi connectivity index (χ2n) is 5.06. The third kappa shape index (κ3) is 3.03. The van der Waals surface area contributed by atoms with Crippen LogP contribution in [0.4, 0.5) is 5.69 Å². The summed E-state index contributed by atoms with van der Waals surface area (Å²) in [5.41, 5.74) is 2.38. The van der Waals surface area contributed by atoms with Gasteiger partial charge >= 0.3 is 5.63 Å². The largest absolute Gasteiger partial charge is 0.422 e. The zero-order chi connectivity index (χ0) is 14.5. The van der Waals surface area contributed by atoms with Gasteiger partial charge in [-0.05, 0) is 44.9 Å². The zero-order valence-electron chi connectivity index (χ0n) is 12.6. The lowest BCUT2D eigenvalue weighted by Crippen LogP contribution is -2.21. The molecule has 0 aliphatic rings. The number of unbranched alkanes of at least 4 members (excludes halogenated alkanes) is 1. The topological polar surface area (TPSA) is 33.5 Å². The monoisotopic (exact) mass is 273 g/mol. The minimum atomic E-state index is -0.192. The summed E-state index contributed by atoms with van der Waals surface area (Å²) < 4.78 is 5.49. The van der Waals surface area contributed by atoms with Crippen molar-refractivity contribution < 1.29 is 4.42 Å². The van der Waals surface area contributed by atoms with Crippen LogP contribution >= 0.6 is 0 Å². The summed E-state index contributed by atoms with van der Waals surface area (Å²) in [7, 11) is 0. The molecule has 3 nitrogen and oxygen atoms in total. The van der Waals surface area contributed by atoms with Crippen molar-refractivity contribution in [1.82, 2.24) is 0 Å². The molecule has 108 valence electrons. The molecule has 0 atom stereocenters. The Bertz CT molecular complexity index is 626. The maximum Gasteiger partial charge on any atom is 0.339 e. The number of anilines is 1. The summed E-state index contributed by atoms with van der Waals surface area (Å²) in [5.74, 6) is 0. The van der Waals surface area contributed by atoms with Gasteiger partial charge in [0.25, 0.3) is 0 Å². The van der Waals surface area contributed by atoms with Crippen LogP contribution in [0.2, 0.25) is 0 Å². The molecule has 0 bridgehead atoms. The molecular weight excluding hydrogens is 250 g/mol. The van der Waals surface area contributed by atoms with E-state index in [-0.39, 0.29) is 5.63 Å². The van der Waals surface area contributed by atoms with Crippen LogP contribution in [0.5, 0.6) is 0 Å². The van der Waals surface area contributed by atoms with Gasteiger partial charge in [0, 0.05) is 35.8 Å². The highest BCUT2D eigenvalue weighted by molar-refractivity contribution is 5.81. The first kappa shape index (κ1) is 14.6. The summed E-state index contributed by atoms with van der Waals surface area (Å²) in [6, 6.07) is 8.08. The summed E-state index contributed by atoms with van der Waals surface area (Å²) in [6.07, 6.45) is 2.90. The van der Waals surface area contributed by atoms with Crippen LogP contribution in [-0.2, 0) is 6.42 Å². The van der Waals surface area contributed by atoms with Crippen molar-refractivity contribution in [3.8, 4) is 0 Å². The van der Waals surface area contributed by atoms with Crippen LogP contribution in [0.25, 0.3) is 11.0 Å². The molecule has 1 aromatic heterocycles. The van der Waals surface area contributed by atoms with E-state index >= 15 is 0 Å². The number of aryl methyl sites for hydroxylation is 1. The molecule has 0 spiro atoms. The maximum atomic E-state index is 12.0. The van der Waals surface area contributed by atoms with Gasteiger partial charge in [-0.2, -0.15) is 0 Å². The average Bonchev–Trinajstić information content (AvgIpc) is 2.46. The molecule has 0 saturated carbocycles. The molecular formula is C17H23NO2. The fourth-order valence-electron chi connectivity index (χ4n) is 2.47. The first-order valence-corrected chi connectivity index (χ1v) is 7.51. The highest BCUT2D eigenvalue weighted by Gasteiger charge is 2.08. The molecule has 1 heterocycles. The molecule has 2 aromatic rings. The van der Waals surface area contributed by atoms with Gasteiger partial charge in [-0.3, -0.25) is 0 Å². The van der Waals surface area contributed by atoms with Crippen LogP contribution < -0.4 is 10.5 Å². The van der Waals surface area contributed by atoms with Gasteiger partial charge in [0.15, 0.2) is 0 Å². The molecule has 2 rings (SSSR count). The Morgan fingerprint density at radius 3 is 2.50 bits per heavy atom. The third-order valence-electron chi connectivity index (χ3n) is 3.72. The number of rotatable bonds is 6. The molecule has 0 aliphatic heterocycles. The van der Waals surface area contributed by atoms with E-state index in [1.54, 1.807) is 0 Å². The summed E-state index contributed by atoms with van der Waals surface area (Å²) in [4.78, 5) is 14.2. The van der Waals surface area contributed by atoms with E-state index in [1.807, 2.05) is 18.2 Å². The lowest BCUT2D eigenvalue weighted by molar-refractivity contribution is 0.547. The average molecular weight is 273 g/mol. The Kier molecular flexibility index (Phi) is 4.83. The Morgan fingerprint density at radius 2 is 1.85 bits per heavy atom. The lowest BCUT2D eigenvalue weighted by atomic mass is 10.1. The standard InChI is InChI=1S/C17H23NO2/c1-4-7-8-14-11-13-9-10-15(18(5-2)6-3)12-16(13)20-17(14)19/h9-12H,4-8H2,1-3H3. The molecule has 0 saturated heterocycles. The Hall–Kier alpha value is -1.77. The zero-order valence-corrected chi connectivity index (χ0v) is 12.6. The molecule has 1 aromatic carbocycles. The quantitative estimate of drug-likeness (QED) is 0.746. The van der Waals surface area contributed by atoms with Crippen LogP contribution in [-0.4, -0.2) is 13.1 Å². The molecule has 3 heteroatoms. The minimum Gasteiger partial charge on any atom is -0.422 e. The molecule has 0 radical (unpaired) electrons. The molecule has 0 amide bonds. The summed E-state index contributed by atoms with van der Waals surface area (Å²) in [6.45, 7) is 8.26. The van der Waals surface area contributed by atoms with Gasteiger partial charge in [-0.15, -0.1) is 0 Å². The van der Waals surface area contributed by atoms with E-state index in [9.17, 15) is 4.79 Å². The van der Waals surface area contributed by atoms with Gasteiger partial charge < -0.3 is 9.32 Å². The van der Waals surface area contributed by atoms with Gasteiger partial charge in [0.05, 0.1) is 0 Å². The van der Waals surface area contributed by atoms with Crippen molar-refractivity contribution in [3.05, 3.63) is 40.2 Å². The minimum absolute atomic E-state index is 0.192. The lowest BCUT2D eigenvalue weighted by Gasteiger charge is -2.21. The molecule has 0 aliphatic carbocycles. The SMILES string of the molecule is CCCCc1cc2ccc(N(CC)CC)cc2oc1=O.